The zero-order valence-corrected chi connectivity index (χ0v) is 9.68. The molecule has 0 spiro atoms. The lowest BCUT2D eigenvalue weighted by Crippen LogP contribution is -2.23. The second kappa shape index (κ2) is 5.50. The molecule has 0 bridgehead atoms. The van der Waals surface area contributed by atoms with Gasteiger partial charge < -0.3 is 5.32 Å². The van der Waals surface area contributed by atoms with Crippen molar-refractivity contribution in [2.75, 3.05) is 13.1 Å². The molecule has 14 heavy (non-hydrogen) atoms. The van der Waals surface area contributed by atoms with Crippen LogP contribution in [0.3, 0.4) is 0 Å². The van der Waals surface area contributed by atoms with Crippen molar-refractivity contribution in [2.45, 2.75) is 40.0 Å². The van der Waals surface area contributed by atoms with Gasteiger partial charge in [-0.3, -0.25) is 4.79 Å². The molecule has 1 saturated heterocycles. The van der Waals surface area contributed by atoms with Crippen molar-refractivity contribution in [1.82, 2.24) is 5.32 Å². The molecule has 0 saturated carbocycles. The molecule has 0 aromatic carbocycles. The largest absolute Gasteiger partial charge is 0.316 e. The third kappa shape index (κ3) is 2.81. The molecule has 2 heteroatoms. The quantitative estimate of drug-likeness (QED) is 0.732. The molecule has 0 aromatic rings. The Balaban J connectivity index is 2.40. The molecule has 2 atom stereocenters. The van der Waals surface area contributed by atoms with E-state index in [1.807, 2.05) is 0 Å². The molecule has 0 amide bonds. The van der Waals surface area contributed by atoms with Gasteiger partial charge in [0.1, 0.15) is 5.78 Å². The zero-order valence-electron chi connectivity index (χ0n) is 9.68. The molecule has 1 N–H and O–H groups in total. The van der Waals surface area contributed by atoms with E-state index in [-0.39, 0.29) is 5.92 Å². The van der Waals surface area contributed by atoms with Gasteiger partial charge in [-0.05, 0) is 18.4 Å². The molecular formula is C12H23NO. The maximum absolute atomic E-state index is 11.9. The summed E-state index contributed by atoms with van der Waals surface area (Å²) in [5, 5.41) is 3.29. The van der Waals surface area contributed by atoms with Crippen LogP contribution in [0.2, 0.25) is 0 Å². The van der Waals surface area contributed by atoms with Crippen LogP contribution in [0, 0.1) is 17.8 Å². The minimum Gasteiger partial charge on any atom is -0.316 e. The molecule has 0 aromatic heterocycles. The van der Waals surface area contributed by atoms with Gasteiger partial charge in [0, 0.05) is 18.9 Å². The molecule has 0 radical (unpaired) electrons. The Labute approximate surface area is 87.5 Å². The Hall–Kier alpha value is -0.370. The predicted molar refractivity (Wildman–Crippen MR) is 59.2 cm³/mol. The van der Waals surface area contributed by atoms with Crippen molar-refractivity contribution in [1.29, 1.82) is 0 Å². The highest BCUT2D eigenvalue weighted by Gasteiger charge is 2.29. The highest BCUT2D eigenvalue weighted by Crippen LogP contribution is 2.22. The molecule has 1 rings (SSSR count). The number of Topliss-reactive ketones (excluding diaryl/α,β-unsaturated/α-hetero) is 1. The van der Waals surface area contributed by atoms with Crippen LogP contribution in [0.15, 0.2) is 0 Å². The summed E-state index contributed by atoms with van der Waals surface area (Å²) in [5.41, 5.74) is 0. The summed E-state index contributed by atoms with van der Waals surface area (Å²) in [6, 6.07) is 0. The highest BCUT2D eigenvalue weighted by molar-refractivity contribution is 5.82. The van der Waals surface area contributed by atoms with Crippen molar-refractivity contribution >= 4 is 5.78 Å². The van der Waals surface area contributed by atoms with Crippen LogP contribution in [0.25, 0.3) is 0 Å². The second-order valence-corrected chi connectivity index (χ2v) is 4.59. The van der Waals surface area contributed by atoms with Crippen LogP contribution in [-0.4, -0.2) is 18.9 Å². The number of ketones is 1. The Bertz CT molecular complexity index is 187. The fourth-order valence-electron chi connectivity index (χ4n) is 2.25. The Morgan fingerprint density at radius 2 is 2.00 bits per heavy atom. The van der Waals surface area contributed by atoms with Crippen molar-refractivity contribution in [3.8, 4) is 0 Å². The summed E-state index contributed by atoms with van der Waals surface area (Å²) in [5.74, 6) is 1.92. The second-order valence-electron chi connectivity index (χ2n) is 4.59. The van der Waals surface area contributed by atoms with Gasteiger partial charge >= 0.3 is 0 Å². The van der Waals surface area contributed by atoms with Gasteiger partial charge in [0.15, 0.2) is 0 Å². The van der Waals surface area contributed by atoms with Crippen molar-refractivity contribution in [2.24, 2.45) is 17.8 Å². The summed E-state index contributed by atoms with van der Waals surface area (Å²) in [6.07, 6.45) is 3.07. The average molecular weight is 197 g/mol. The molecule has 1 heterocycles. The molecule has 1 fully saturated rings. The molecule has 2 unspecified atom stereocenters. The van der Waals surface area contributed by atoms with E-state index in [0.29, 0.717) is 17.6 Å². The third-order valence-corrected chi connectivity index (χ3v) is 3.58. The third-order valence-electron chi connectivity index (χ3n) is 3.58. The molecule has 0 aliphatic carbocycles. The number of rotatable bonds is 5. The molecule has 2 nitrogen and oxygen atoms in total. The van der Waals surface area contributed by atoms with E-state index in [1.54, 1.807) is 0 Å². The average Bonchev–Trinajstić information content (AvgIpc) is 2.60. The molecule has 82 valence electrons. The maximum atomic E-state index is 11.9. The standard InChI is InChI=1S/C12H23NO/c1-4-10(5-2)6-12(14)11-8-13-7-9(11)3/h9-11,13H,4-8H2,1-3H3. The van der Waals surface area contributed by atoms with Crippen LogP contribution in [0.5, 0.6) is 0 Å². The topological polar surface area (TPSA) is 29.1 Å². The monoisotopic (exact) mass is 197 g/mol. The van der Waals surface area contributed by atoms with Crippen molar-refractivity contribution < 1.29 is 4.79 Å². The van der Waals surface area contributed by atoms with Gasteiger partial charge in [-0.1, -0.05) is 33.6 Å². The summed E-state index contributed by atoms with van der Waals surface area (Å²) in [7, 11) is 0. The van der Waals surface area contributed by atoms with Crippen LogP contribution >= 0.6 is 0 Å². The number of hydrogen-bond donors (Lipinski definition) is 1. The first-order chi connectivity index (χ1) is 6.69. The minimum atomic E-state index is 0.288. The lowest BCUT2D eigenvalue weighted by molar-refractivity contribution is -0.124. The van der Waals surface area contributed by atoms with Gasteiger partial charge in [0.05, 0.1) is 0 Å². The predicted octanol–water partition coefficient (Wildman–Crippen LogP) is 2.24. The Morgan fingerprint density at radius 3 is 2.43 bits per heavy atom. The smallest absolute Gasteiger partial charge is 0.137 e. The summed E-state index contributed by atoms with van der Waals surface area (Å²) >= 11 is 0. The number of carbonyl (C=O) groups is 1. The first-order valence-corrected chi connectivity index (χ1v) is 5.92. The van der Waals surface area contributed by atoms with Gasteiger partial charge in [-0.25, -0.2) is 0 Å². The molecular weight excluding hydrogens is 174 g/mol. The SMILES string of the molecule is CCC(CC)CC(=O)C1CNCC1C. The number of nitrogens with one attached hydrogen (secondary N) is 1. The van der Waals surface area contributed by atoms with Crippen LogP contribution in [0.1, 0.15) is 40.0 Å². The number of carbonyl (C=O) groups excluding carboxylic acids is 1. The number of hydrogen-bond acceptors (Lipinski definition) is 2. The summed E-state index contributed by atoms with van der Waals surface area (Å²) in [6.45, 7) is 8.45. The lowest BCUT2D eigenvalue weighted by atomic mass is 9.86. The summed E-state index contributed by atoms with van der Waals surface area (Å²) in [4.78, 5) is 11.9. The fourth-order valence-corrected chi connectivity index (χ4v) is 2.25. The lowest BCUT2D eigenvalue weighted by Gasteiger charge is -2.16. The maximum Gasteiger partial charge on any atom is 0.137 e. The normalized spacial score (nSPS) is 27.1. The van der Waals surface area contributed by atoms with Crippen LogP contribution in [0.4, 0.5) is 0 Å². The first kappa shape index (κ1) is 11.7. The molecule has 1 aliphatic rings. The van der Waals surface area contributed by atoms with E-state index >= 15 is 0 Å². The molecule has 1 aliphatic heterocycles. The Kier molecular flexibility index (Phi) is 4.59. The van der Waals surface area contributed by atoms with E-state index in [2.05, 4.69) is 26.1 Å². The van der Waals surface area contributed by atoms with E-state index < -0.39 is 0 Å². The van der Waals surface area contributed by atoms with Crippen molar-refractivity contribution in [3.63, 3.8) is 0 Å². The van der Waals surface area contributed by atoms with Crippen LogP contribution < -0.4 is 5.32 Å². The Morgan fingerprint density at radius 1 is 1.36 bits per heavy atom. The van der Waals surface area contributed by atoms with E-state index in [4.69, 9.17) is 0 Å². The van der Waals surface area contributed by atoms with E-state index in [9.17, 15) is 4.79 Å². The zero-order chi connectivity index (χ0) is 10.6. The van der Waals surface area contributed by atoms with Gasteiger partial charge in [-0.2, -0.15) is 0 Å². The van der Waals surface area contributed by atoms with Gasteiger partial charge in [-0.15, -0.1) is 0 Å². The van der Waals surface area contributed by atoms with E-state index in [0.717, 1.165) is 32.4 Å². The van der Waals surface area contributed by atoms with E-state index in [1.165, 1.54) is 0 Å². The fraction of sp³-hybridized carbons (Fsp3) is 0.917. The summed E-state index contributed by atoms with van der Waals surface area (Å²) < 4.78 is 0. The first-order valence-electron chi connectivity index (χ1n) is 5.92. The highest BCUT2D eigenvalue weighted by atomic mass is 16.1. The van der Waals surface area contributed by atoms with Gasteiger partial charge in [0.25, 0.3) is 0 Å². The van der Waals surface area contributed by atoms with Crippen LogP contribution in [-0.2, 0) is 4.79 Å². The van der Waals surface area contributed by atoms with Crippen molar-refractivity contribution in [3.05, 3.63) is 0 Å². The minimum absolute atomic E-state index is 0.288. The van der Waals surface area contributed by atoms with Gasteiger partial charge in [0.2, 0.25) is 0 Å².